The van der Waals surface area contributed by atoms with E-state index in [4.69, 9.17) is 0 Å². The highest BCUT2D eigenvalue weighted by atomic mass is 16.2. The van der Waals surface area contributed by atoms with Crippen LogP contribution in [-0.4, -0.2) is 39.6 Å². The zero-order valence-corrected chi connectivity index (χ0v) is 16.7. The molecule has 0 atom stereocenters. The van der Waals surface area contributed by atoms with Crippen LogP contribution in [0.15, 0.2) is 35.2 Å². The van der Waals surface area contributed by atoms with E-state index < -0.39 is 0 Å². The van der Waals surface area contributed by atoms with Gasteiger partial charge in [-0.2, -0.15) is 5.10 Å². The largest absolute Gasteiger partial charge is 0.358 e. The smallest absolute Gasteiger partial charge is 0.273 e. The summed E-state index contributed by atoms with van der Waals surface area (Å²) in [5, 5.41) is 4.28. The summed E-state index contributed by atoms with van der Waals surface area (Å²) in [4.78, 5) is 23.0. The lowest BCUT2D eigenvalue weighted by atomic mass is 9.93. The van der Waals surface area contributed by atoms with Crippen LogP contribution in [0, 0.1) is 0 Å². The highest BCUT2D eigenvalue weighted by Crippen LogP contribution is 2.31. The van der Waals surface area contributed by atoms with E-state index >= 15 is 0 Å². The monoisotopic (exact) mass is 389 g/mol. The summed E-state index contributed by atoms with van der Waals surface area (Å²) in [6, 6.07) is 3.81. The Balaban J connectivity index is 1.53. The highest BCUT2D eigenvalue weighted by Gasteiger charge is 2.27. The van der Waals surface area contributed by atoms with Crippen molar-refractivity contribution in [2.75, 3.05) is 13.1 Å². The molecule has 0 saturated carbocycles. The van der Waals surface area contributed by atoms with Crippen molar-refractivity contribution in [1.29, 1.82) is 0 Å². The number of amides is 1. The number of aryl methyl sites for hydroxylation is 1. The molecule has 2 aromatic heterocycles. The fourth-order valence-electron chi connectivity index (χ4n) is 4.76. The van der Waals surface area contributed by atoms with Crippen LogP contribution >= 0.6 is 0 Å². The minimum absolute atomic E-state index is 0.152. The second-order valence-electron chi connectivity index (χ2n) is 8.22. The molecule has 4 heterocycles. The van der Waals surface area contributed by atoms with Crippen molar-refractivity contribution in [2.45, 2.75) is 51.5 Å². The highest BCUT2D eigenvalue weighted by molar-refractivity contribution is 6.33. The van der Waals surface area contributed by atoms with Crippen molar-refractivity contribution in [3.63, 3.8) is 0 Å². The third-order valence-electron chi connectivity index (χ3n) is 6.27. The summed E-state index contributed by atoms with van der Waals surface area (Å²) >= 11 is 0. The lowest BCUT2D eigenvalue weighted by Gasteiger charge is -2.27. The number of likely N-dealkylation sites (tertiary alicyclic amines) is 1. The zero-order chi connectivity index (χ0) is 19.6. The van der Waals surface area contributed by atoms with Gasteiger partial charge in [0.15, 0.2) is 0 Å². The Morgan fingerprint density at radius 1 is 1.10 bits per heavy atom. The van der Waals surface area contributed by atoms with Crippen molar-refractivity contribution in [3.05, 3.63) is 58.2 Å². The SMILES string of the molecule is O=C1NN=C(c2cccnc2)/C1=C\c1[nH]c2c(c1CN1CCCCC1)CCCC2. The summed E-state index contributed by atoms with van der Waals surface area (Å²) in [6.07, 6.45) is 14.1. The van der Waals surface area contributed by atoms with E-state index in [1.165, 1.54) is 62.0 Å². The maximum Gasteiger partial charge on any atom is 0.273 e. The summed E-state index contributed by atoms with van der Waals surface area (Å²) in [7, 11) is 0. The number of carbonyl (C=O) groups is 1. The number of fused-ring (bicyclic) bond motifs is 1. The molecule has 5 rings (SSSR count). The molecular weight excluding hydrogens is 362 g/mol. The molecular formula is C23H27N5O. The number of carbonyl (C=O) groups excluding carboxylic acids is 1. The van der Waals surface area contributed by atoms with Gasteiger partial charge in [-0.15, -0.1) is 0 Å². The average molecular weight is 390 g/mol. The molecule has 0 spiro atoms. The number of H-pyrrole nitrogens is 1. The molecule has 150 valence electrons. The third-order valence-corrected chi connectivity index (χ3v) is 6.27. The first kappa shape index (κ1) is 18.3. The van der Waals surface area contributed by atoms with E-state index in [1.54, 1.807) is 12.4 Å². The molecule has 2 aromatic rings. The van der Waals surface area contributed by atoms with Gasteiger partial charge in [0.25, 0.3) is 5.91 Å². The molecule has 1 aliphatic carbocycles. The minimum Gasteiger partial charge on any atom is -0.358 e. The van der Waals surface area contributed by atoms with Gasteiger partial charge in [0, 0.05) is 35.9 Å². The Hall–Kier alpha value is -2.73. The van der Waals surface area contributed by atoms with Crippen molar-refractivity contribution >= 4 is 17.7 Å². The topological polar surface area (TPSA) is 73.4 Å². The fraction of sp³-hybridized carbons (Fsp3) is 0.435. The van der Waals surface area contributed by atoms with Crippen LogP contribution in [0.4, 0.5) is 0 Å². The Labute approximate surface area is 171 Å². The molecule has 1 fully saturated rings. The van der Waals surface area contributed by atoms with Crippen molar-refractivity contribution < 1.29 is 4.79 Å². The quantitative estimate of drug-likeness (QED) is 0.789. The number of rotatable bonds is 4. The predicted octanol–water partition coefficient (Wildman–Crippen LogP) is 3.19. The summed E-state index contributed by atoms with van der Waals surface area (Å²) < 4.78 is 0. The minimum atomic E-state index is -0.152. The Morgan fingerprint density at radius 3 is 2.79 bits per heavy atom. The van der Waals surface area contributed by atoms with E-state index in [0.29, 0.717) is 11.3 Å². The van der Waals surface area contributed by atoms with Crippen LogP contribution in [0.5, 0.6) is 0 Å². The molecule has 3 aliphatic rings. The molecule has 1 saturated heterocycles. The second-order valence-corrected chi connectivity index (χ2v) is 8.22. The van der Waals surface area contributed by atoms with Gasteiger partial charge in [-0.25, -0.2) is 5.43 Å². The zero-order valence-electron chi connectivity index (χ0n) is 16.7. The number of pyridine rings is 1. The van der Waals surface area contributed by atoms with E-state index in [1.807, 2.05) is 18.2 Å². The Bertz CT molecular complexity index is 967. The predicted molar refractivity (Wildman–Crippen MR) is 113 cm³/mol. The van der Waals surface area contributed by atoms with Crippen LogP contribution < -0.4 is 5.43 Å². The van der Waals surface area contributed by atoms with Gasteiger partial charge in [-0.3, -0.25) is 14.7 Å². The van der Waals surface area contributed by atoms with Crippen LogP contribution in [0.1, 0.15) is 60.2 Å². The molecule has 0 radical (unpaired) electrons. The maximum atomic E-state index is 12.6. The van der Waals surface area contributed by atoms with Crippen LogP contribution in [0.2, 0.25) is 0 Å². The lowest BCUT2D eigenvalue weighted by molar-refractivity contribution is -0.116. The molecule has 6 heteroatoms. The summed E-state index contributed by atoms with van der Waals surface area (Å²) in [6.45, 7) is 3.30. The molecule has 6 nitrogen and oxygen atoms in total. The van der Waals surface area contributed by atoms with Crippen molar-refractivity contribution in [2.24, 2.45) is 5.10 Å². The third kappa shape index (κ3) is 3.65. The number of aromatic nitrogens is 2. The molecule has 0 bridgehead atoms. The van der Waals surface area contributed by atoms with Gasteiger partial charge in [-0.1, -0.05) is 6.42 Å². The van der Waals surface area contributed by atoms with Crippen LogP contribution in [0.3, 0.4) is 0 Å². The van der Waals surface area contributed by atoms with Gasteiger partial charge in [0.1, 0.15) is 5.71 Å². The number of nitrogens with one attached hydrogen (secondary N) is 2. The van der Waals surface area contributed by atoms with Gasteiger partial charge in [-0.05, 0) is 81.0 Å². The number of piperidine rings is 1. The normalized spacial score (nSPS) is 21.2. The number of hydrogen-bond acceptors (Lipinski definition) is 4. The molecule has 2 aliphatic heterocycles. The molecule has 2 N–H and O–H groups in total. The standard InChI is InChI=1S/C23H27N5O/c29-23-18(22(26-27-23)16-7-6-10-24-14-16)13-21-19(15-28-11-4-1-5-12-28)17-8-2-3-9-20(17)25-21/h6-7,10,13-14,25H,1-5,8-9,11-12,15H2,(H,27,29)/b18-13+. The van der Waals surface area contributed by atoms with E-state index in [-0.39, 0.29) is 5.91 Å². The number of hydrazone groups is 1. The number of hydrogen-bond donors (Lipinski definition) is 2. The van der Waals surface area contributed by atoms with Gasteiger partial charge in [0.05, 0.1) is 5.57 Å². The number of aromatic amines is 1. The van der Waals surface area contributed by atoms with E-state index in [9.17, 15) is 4.79 Å². The van der Waals surface area contributed by atoms with E-state index in [2.05, 4.69) is 25.4 Å². The molecule has 0 aromatic carbocycles. The maximum absolute atomic E-state index is 12.6. The Morgan fingerprint density at radius 2 is 1.97 bits per heavy atom. The number of nitrogens with zero attached hydrogens (tertiary/aromatic N) is 3. The molecule has 1 amide bonds. The first-order chi connectivity index (χ1) is 14.3. The van der Waals surface area contributed by atoms with Crippen LogP contribution in [-0.2, 0) is 24.2 Å². The van der Waals surface area contributed by atoms with Gasteiger partial charge < -0.3 is 4.98 Å². The summed E-state index contributed by atoms with van der Waals surface area (Å²) in [5.41, 5.74) is 10.0. The summed E-state index contributed by atoms with van der Waals surface area (Å²) in [5.74, 6) is -0.152. The second kappa shape index (κ2) is 7.95. The first-order valence-electron chi connectivity index (χ1n) is 10.7. The van der Waals surface area contributed by atoms with Gasteiger partial charge in [0.2, 0.25) is 0 Å². The van der Waals surface area contributed by atoms with Crippen molar-refractivity contribution in [1.82, 2.24) is 20.3 Å². The molecule has 0 unspecified atom stereocenters. The lowest BCUT2D eigenvalue weighted by Crippen LogP contribution is -2.29. The average Bonchev–Trinajstić information content (AvgIpc) is 3.30. The Kier molecular flexibility index (Phi) is 5.02. The van der Waals surface area contributed by atoms with Crippen molar-refractivity contribution in [3.8, 4) is 0 Å². The van der Waals surface area contributed by atoms with Crippen LogP contribution in [0.25, 0.3) is 6.08 Å². The van der Waals surface area contributed by atoms with E-state index in [0.717, 1.165) is 30.6 Å². The first-order valence-corrected chi connectivity index (χ1v) is 10.7. The van der Waals surface area contributed by atoms with Gasteiger partial charge >= 0.3 is 0 Å². The fourth-order valence-corrected chi connectivity index (χ4v) is 4.76. The molecule has 29 heavy (non-hydrogen) atoms.